The third-order valence-electron chi connectivity index (χ3n) is 2.83. The number of carbonyl (C=O) groups excluding carboxylic acids is 1. The Kier molecular flexibility index (Phi) is 3.81. The van der Waals surface area contributed by atoms with Crippen LogP contribution in [0.15, 0.2) is 35.4 Å². The molecule has 0 aliphatic rings. The average Bonchev–Trinajstić information content (AvgIpc) is 2.36. The highest BCUT2D eigenvalue weighted by Crippen LogP contribution is 2.12. The van der Waals surface area contributed by atoms with Crippen molar-refractivity contribution < 1.29 is 4.79 Å². The van der Waals surface area contributed by atoms with Crippen LogP contribution in [0.1, 0.15) is 21.5 Å². The highest BCUT2D eigenvalue weighted by Gasteiger charge is 2.11. The molecule has 1 aromatic carbocycles. The minimum atomic E-state index is -0.483. The molecule has 0 unspecified atom stereocenters. The molecular formula is C14H13ClN2O2. The first kappa shape index (κ1) is 13.5. The summed E-state index contributed by atoms with van der Waals surface area (Å²) in [6.07, 6.45) is 2.68. The highest BCUT2D eigenvalue weighted by atomic mass is 35.5. The summed E-state index contributed by atoms with van der Waals surface area (Å²) in [7, 11) is 0. The second-order valence-corrected chi connectivity index (χ2v) is 4.86. The average molecular weight is 277 g/mol. The van der Waals surface area contributed by atoms with E-state index in [0.29, 0.717) is 10.6 Å². The normalized spacial score (nSPS) is 10.5. The molecule has 1 aromatic heterocycles. The molecule has 0 saturated heterocycles. The molecule has 98 valence electrons. The Balaban J connectivity index is 2.33. The molecule has 0 spiro atoms. The van der Waals surface area contributed by atoms with E-state index in [9.17, 15) is 9.59 Å². The molecule has 0 aliphatic carbocycles. The maximum Gasteiger partial charge on any atom is 0.348 e. The Morgan fingerprint density at radius 1 is 1.37 bits per heavy atom. The number of Topliss-reactive ketones (excluding diaryl/α,β-unsaturated/α-hetero) is 1. The summed E-state index contributed by atoms with van der Waals surface area (Å²) in [5.74, 6) is -0.132. The van der Waals surface area contributed by atoms with Gasteiger partial charge in [0.1, 0.15) is 0 Å². The molecule has 5 heteroatoms. The van der Waals surface area contributed by atoms with Crippen molar-refractivity contribution >= 4 is 17.4 Å². The van der Waals surface area contributed by atoms with E-state index in [2.05, 4.69) is 4.98 Å². The van der Waals surface area contributed by atoms with Crippen LogP contribution in [0.25, 0.3) is 0 Å². The summed E-state index contributed by atoms with van der Waals surface area (Å²) in [6.45, 7) is 3.73. The van der Waals surface area contributed by atoms with Gasteiger partial charge in [-0.15, -0.1) is 0 Å². The highest BCUT2D eigenvalue weighted by molar-refractivity contribution is 6.30. The molecular weight excluding hydrogens is 264 g/mol. The van der Waals surface area contributed by atoms with E-state index >= 15 is 0 Å². The minimum Gasteiger partial charge on any atom is -0.292 e. The number of hydrogen-bond donors (Lipinski definition) is 0. The number of carbonyl (C=O) groups is 1. The quantitative estimate of drug-likeness (QED) is 0.809. The van der Waals surface area contributed by atoms with E-state index < -0.39 is 5.69 Å². The lowest BCUT2D eigenvalue weighted by Gasteiger charge is -2.08. The van der Waals surface area contributed by atoms with E-state index in [1.807, 2.05) is 32.0 Å². The van der Waals surface area contributed by atoms with Gasteiger partial charge >= 0.3 is 5.69 Å². The smallest absolute Gasteiger partial charge is 0.292 e. The van der Waals surface area contributed by atoms with Gasteiger partial charge in [0.05, 0.1) is 17.8 Å². The Bertz CT molecular complexity index is 692. The van der Waals surface area contributed by atoms with Crippen LogP contribution in [-0.2, 0) is 6.54 Å². The van der Waals surface area contributed by atoms with E-state index in [4.69, 9.17) is 11.6 Å². The van der Waals surface area contributed by atoms with Crippen LogP contribution in [-0.4, -0.2) is 15.3 Å². The molecule has 1 heterocycles. The van der Waals surface area contributed by atoms with Crippen LogP contribution in [0.5, 0.6) is 0 Å². The number of hydrogen-bond acceptors (Lipinski definition) is 3. The molecule has 0 radical (unpaired) electrons. The van der Waals surface area contributed by atoms with Crippen molar-refractivity contribution in [3.63, 3.8) is 0 Å². The maximum atomic E-state index is 12.2. The zero-order valence-corrected chi connectivity index (χ0v) is 11.4. The molecule has 2 rings (SSSR count). The molecule has 0 bridgehead atoms. The van der Waals surface area contributed by atoms with Gasteiger partial charge in [0.25, 0.3) is 0 Å². The van der Waals surface area contributed by atoms with Crippen LogP contribution in [0.2, 0.25) is 5.02 Å². The molecule has 19 heavy (non-hydrogen) atoms. The molecule has 0 aliphatic heterocycles. The molecule has 0 N–H and O–H groups in total. The summed E-state index contributed by atoms with van der Waals surface area (Å²) in [5.41, 5.74) is 2.03. The van der Waals surface area contributed by atoms with E-state index in [1.54, 1.807) is 0 Å². The predicted octanol–water partition coefficient (Wildman–Crippen LogP) is 2.40. The summed E-state index contributed by atoms with van der Waals surface area (Å²) >= 11 is 5.77. The van der Waals surface area contributed by atoms with Gasteiger partial charge in [0.2, 0.25) is 0 Å². The van der Waals surface area contributed by atoms with E-state index in [0.717, 1.165) is 11.1 Å². The van der Waals surface area contributed by atoms with Crippen molar-refractivity contribution in [2.24, 2.45) is 0 Å². The van der Waals surface area contributed by atoms with Crippen molar-refractivity contribution in [3.8, 4) is 0 Å². The van der Waals surface area contributed by atoms with Gasteiger partial charge in [-0.25, -0.2) is 9.78 Å². The number of benzene rings is 1. The summed E-state index contributed by atoms with van der Waals surface area (Å²) in [4.78, 5) is 27.3. The van der Waals surface area contributed by atoms with Crippen molar-refractivity contribution in [3.05, 3.63) is 62.8 Å². The van der Waals surface area contributed by atoms with Crippen LogP contribution >= 0.6 is 11.6 Å². The molecule has 4 nitrogen and oxygen atoms in total. The van der Waals surface area contributed by atoms with Gasteiger partial charge < -0.3 is 0 Å². The van der Waals surface area contributed by atoms with Crippen molar-refractivity contribution in [2.75, 3.05) is 0 Å². The fraction of sp³-hybridized carbons (Fsp3) is 0.214. The van der Waals surface area contributed by atoms with Crippen LogP contribution < -0.4 is 5.69 Å². The zero-order valence-electron chi connectivity index (χ0n) is 10.7. The predicted molar refractivity (Wildman–Crippen MR) is 73.8 cm³/mol. The SMILES string of the molecule is Cc1ccc(C)c(C(=O)Cn2cc(Cl)cnc2=O)c1. The van der Waals surface area contributed by atoms with Gasteiger partial charge in [-0.1, -0.05) is 29.3 Å². The Labute approximate surface area is 115 Å². The largest absolute Gasteiger partial charge is 0.348 e. The third-order valence-corrected chi connectivity index (χ3v) is 3.03. The van der Waals surface area contributed by atoms with Gasteiger partial charge in [0.15, 0.2) is 5.78 Å². The number of aryl methyl sites for hydroxylation is 2. The van der Waals surface area contributed by atoms with Crippen LogP contribution in [0.4, 0.5) is 0 Å². The van der Waals surface area contributed by atoms with Gasteiger partial charge in [-0.05, 0) is 25.5 Å². The Hall–Kier alpha value is -1.94. The number of halogens is 1. The monoisotopic (exact) mass is 276 g/mol. The summed E-state index contributed by atoms with van der Waals surface area (Å²) in [6, 6.07) is 5.65. The first-order valence-corrected chi connectivity index (χ1v) is 6.17. The molecule has 0 fully saturated rings. The Morgan fingerprint density at radius 2 is 2.11 bits per heavy atom. The fourth-order valence-corrected chi connectivity index (χ4v) is 1.98. The molecule has 0 saturated carbocycles. The minimum absolute atomic E-state index is 0.0588. The van der Waals surface area contributed by atoms with Crippen molar-refractivity contribution in [2.45, 2.75) is 20.4 Å². The van der Waals surface area contributed by atoms with Gasteiger partial charge in [-0.3, -0.25) is 9.36 Å². The van der Waals surface area contributed by atoms with E-state index in [-0.39, 0.29) is 12.3 Å². The van der Waals surface area contributed by atoms with Gasteiger partial charge in [-0.2, -0.15) is 0 Å². The lowest BCUT2D eigenvalue weighted by Crippen LogP contribution is -2.26. The first-order valence-electron chi connectivity index (χ1n) is 5.80. The zero-order chi connectivity index (χ0) is 14.0. The van der Waals surface area contributed by atoms with Crippen LogP contribution in [0.3, 0.4) is 0 Å². The Morgan fingerprint density at radius 3 is 2.84 bits per heavy atom. The number of rotatable bonds is 3. The molecule has 0 atom stereocenters. The van der Waals surface area contributed by atoms with Crippen LogP contribution in [0, 0.1) is 13.8 Å². The molecule has 2 aromatic rings. The van der Waals surface area contributed by atoms with Crippen molar-refractivity contribution in [1.82, 2.24) is 9.55 Å². The second-order valence-electron chi connectivity index (χ2n) is 4.42. The second kappa shape index (κ2) is 5.36. The number of ketones is 1. The van der Waals surface area contributed by atoms with Crippen molar-refractivity contribution in [1.29, 1.82) is 0 Å². The fourth-order valence-electron chi connectivity index (χ4n) is 1.82. The number of aromatic nitrogens is 2. The molecule has 0 amide bonds. The summed E-state index contributed by atoms with van der Waals surface area (Å²) in [5, 5.41) is 0.327. The van der Waals surface area contributed by atoms with E-state index in [1.165, 1.54) is 17.0 Å². The topological polar surface area (TPSA) is 52.0 Å². The third kappa shape index (κ3) is 3.09. The maximum absolute atomic E-state index is 12.2. The lowest BCUT2D eigenvalue weighted by atomic mass is 10.0. The standard InChI is InChI=1S/C14H13ClN2O2/c1-9-3-4-10(2)12(5-9)13(18)8-17-7-11(15)6-16-14(17)19/h3-7H,8H2,1-2H3. The van der Waals surface area contributed by atoms with Gasteiger partial charge in [0, 0.05) is 11.8 Å². The first-order chi connectivity index (χ1) is 8.97. The number of nitrogens with zero attached hydrogens (tertiary/aromatic N) is 2. The lowest BCUT2D eigenvalue weighted by molar-refractivity contribution is 0.0969. The summed E-state index contributed by atoms with van der Waals surface area (Å²) < 4.78 is 1.21.